The lowest BCUT2D eigenvalue weighted by Crippen LogP contribution is -2.48. The summed E-state index contributed by atoms with van der Waals surface area (Å²) in [6, 6.07) is 18.8. The third-order valence-electron chi connectivity index (χ3n) is 7.16. The van der Waals surface area contributed by atoms with Crippen LogP contribution in [0, 0.1) is 25.6 Å². The van der Waals surface area contributed by atoms with Gasteiger partial charge in [0.05, 0.1) is 18.6 Å². The predicted octanol–water partition coefficient (Wildman–Crippen LogP) is 8.05. The van der Waals surface area contributed by atoms with Gasteiger partial charge in [-0.2, -0.15) is 0 Å². The van der Waals surface area contributed by atoms with Gasteiger partial charge in [-0.25, -0.2) is 14.4 Å². The van der Waals surface area contributed by atoms with Crippen LogP contribution in [-0.2, 0) is 14.3 Å². The van der Waals surface area contributed by atoms with Crippen molar-refractivity contribution in [2.24, 2.45) is 5.92 Å². The zero-order valence-corrected chi connectivity index (χ0v) is 27.5. The Bertz CT molecular complexity index is 1360. The van der Waals surface area contributed by atoms with E-state index >= 15 is 0 Å². The minimum Gasteiger partial charge on any atom is -0.360 e. The van der Waals surface area contributed by atoms with Crippen LogP contribution in [0.4, 0.5) is 10.1 Å². The van der Waals surface area contributed by atoms with Gasteiger partial charge in [0, 0.05) is 35.0 Å². The van der Waals surface area contributed by atoms with Crippen molar-refractivity contribution < 1.29 is 18.7 Å². The molecule has 1 heterocycles. The summed E-state index contributed by atoms with van der Waals surface area (Å²) in [5.74, 6) is -0.233. The first-order valence-electron chi connectivity index (χ1n) is 13.8. The van der Waals surface area contributed by atoms with E-state index in [0.717, 1.165) is 16.3 Å². The quantitative estimate of drug-likeness (QED) is 0.186. The molecule has 1 unspecified atom stereocenters. The van der Waals surface area contributed by atoms with Crippen LogP contribution < -0.4 is 4.90 Å². The summed E-state index contributed by atoms with van der Waals surface area (Å²) >= 11 is 11.9. The van der Waals surface area contributed by atoms with Crippen molar-refractivity contribution in [2.75, 3.05) is 49.8 Å². The molecule has 1 aliphatic heterocycles. The number of anilines is 1. The van der Waals surface area contributed by atoms with E-state index in [1.54, 1.807) is 41.1 Å². The topological polar surface area (TPSA) is 49.9 Å². The Morgan fingerprint density at radius 2 is 1.69 bits per heavy atom. The Morgan fingerprint density at radius 3 is 2.29 bits per heavy atom. The molecule has 0 aromatic heterocycles. The van der Waals surface area contributed by atoms with Gasteiger partial charge in [0.2, 0.25) is 11.8 Å². The molecule has 0 radical (unpaired) electrons. The summed E-state index contributed by atoms with van der Waals surface area (Å²) < 4.78 is 20.1. The second-order valence-electron chi connectivity index (χ2n) is 11.5. The van der Waals surface area contributed by atoms with Gasteiger partial charge >= 0.3 is 0 Å². The molecular weight excluding hydrogens is 594 g/mol. The highest BCUT2D eigenvalue weighted by molar-refractivity contribution is 8.32. The van der Waals surface area contributed by atoms with Crippen LogP contribution in [0.25, 0.3) is 0 Å². The van der Waals surface area contributed by atoms with Crippen molar-refractivity contribution in [3.63, 3.8) is 0 Å². The van der Waals surface area contributed by atoms with Crippen molar-refractivity contribution in [1.82, 2.24) is 4.90 Å². The molecule has 0 spiro atoms. The Labute approximate surface area is 261 Å². The van der Waals surface area contributed by atoms with Crippen LogP contribution in [0.5, 0.6) is 0 Å². The minimum atomic E-state index is -0.730. The highest BCUT2D eigenvalue weighted by atomic mass is 35.5. The van der Waals surface area contributed by atoms with Gasteiger partial charge in [0.25, 0.3) is 0 Å². The minimum absolute atomic E-state index is 0.0589. The third kappa shape index (κ3) is 9.73. The number of hydrogen-bond acceptors (Lipinski definition) is 3. The Hall–Kier alpha value is -2.58. The van der Waals surface area contributed by atoms with Gasteiger partial charge < -0.3 is 9.64 Å². The molecule has 0 saturated carbocycles. The van der Waals surface area contributed by atoms with E-state index < -0.39 is 27.8 Å². The average Bonchev–Trinajstić information content (AvgIpc) is 2.91. The Morgan fingerprint density at radius 1 is 1.02 bits per heavy atom. The number of halogens is 3. The van der Waals surface area contributed by atoms with Gasteiger partial charge in [-0.3, -0.25) is 14.5 Å². The van der Waals surface area contributed by atoms with Gasteiger partial charge in [-0.1, -0.05) is 47.5 Å². The second-order valence-corrected chi connectivity index (χ2v) is 16.9. The van der Waals surface area contributed by atoms with E-state index in [1.165, 1.54) is 17.7 Å². The fourth-order valence-electron chi connectivity index (χ4n) is 4.83. The molecule has 3 aromatic carbocycles. The maximum atomic E-state index is 14.2. The van der Waals surface area contributed by atoms with Gasteiger partial charge in [-0.05, 0) is 98.2 Å². The van der Waals surface area contributed by atoms with Crippen LogP contribution in [0.2, 0.25) is 10.0 Å². The summed E-state index contributed by atoms with van der Waals surface area (Å²) in [5, 5.41) is 1.33. The molecule has 2 atom stereocenters. The molecule has 1 saturated heterocycles. The van der Waals surface area contributed by atoms with Gasteiger partial charge in [-0.15, -0.1) is 0 Å². The summed E-state index contributed by atoms with van der Waals surface area (Å²) in [5.41, 5.74) is 3.33. The SMILES string of the molecule is Cc1ccc(F)cc1[C@@H]1C(C(=O)N(COCCS(C)(C)C)c2cccc(Cl)c2)CCC(=O)N1C.Cc1cccc(Cl)c1. The largest absolute Gasteiger partial charge is 0.360 e. The standard InChI is InChI=1S/C26H34ClFN2O3S.C7H7Cl/c1-18-9-10-20(28)16-23(18)25-22(11-12-24(31)29(25)2)26(32)30(17-33-13-14-34(3,4)5)21-8-6-7-19(27)15-21;1-6-3-2-4-7(8)5-6/h6-10,15-16,22,25H,11-14,17H2,1-5H3;2-5H,1H3/t22?,25-;/m0./s1. The van der Waals surface area contributed by atoms with Crippen molar-refractivity contribution in [3.05, 3.63) is 99.3 Å². The molecule has 2 amide bonds. The molecule has 1 fully saturated rings. The summed E-state index contributed by atoms with van der Waals surface area (Å²) in [6.07, 6.45) is 7.30. The number of nitrogens with zero attached hydrogens (tertiary/aromatic N) is 2. The molecule has 0 bridgehead atoms. The maximum absolute atomic E-state index is 14.2. The van der Waals surface area contributed by atoms with Crippen molar-refractivity contribution in [1.29, 1.82) is 0 Å². The lowest BCUT2D eigenvalue weighted by atomic mass is 9.82. The first-order chi connectivity index (χ1) is 19.8. The van der Waals surface area contributed by atoms with Crippen LogP contribution in [0.3, 0.4) is 0 Å². The number of carbonyl (C=O) groups excluding carboxylic acids is 2. The summed E-state index contributed by atoms with van der Waals surface area (Å²) in [6.45, 7) is 4.51. The molecule has 4 rings (SSSR count). The van der Waals surface area contributed by atoms with Crippen molar-refractivity contribution >= 4 is 50.7 Å². The number of aryl methyl sites for hydroxylation is 2. The lowest BCUT2D eigenvalue weighted by Gasteiger charge is -2.41. The molecule has 0 N–H and O–H groups in total. The Balaban J connectivity index is 0.000000521. The van der Waals surface area contributed by atoms with E-state index in [0.29, 0.717) is 29.3 Å². The molecule has 9 heteroatoms. The van der Waals surface area contributed by atoms with Crippen LogP contribution in [0.15, 0.2) is 66.7 Å². The monoisotopic (exact) mass is 634 g/mol. The number of carbonyl (C=O) groups is 2. The highest BCUT2D eigenvalue weighted by Crippen LogP contribution is 2.39. The van der Waals surface area contributed by atoms with Crippen LogP contribution in [0.1, 0.15) is 35.6 Å². The van der Waals surface area contributed by atoms with Crippen molar-refractivity contribution in [2.45, 2.75) is 32.7 Å². The fraction of sp³-hybridized carbons (Fsp3) is 0.394. The summed E-state index contributed by atoms with van der Waals surface area (Å²) in [7, 11) is 0.953. The average molecular weight is 636 g/mol. The second kappa shape index (κ2) is 15.2. The molecule has 5 nitrogen and oxygen atoms in total. The third-order valence-corrected chi connectivity index (χ3v) is 9.03. The normalized spacial score (nSPS) is 17.4. The first kappa shape index (κ1) is 33.9. The highest BCUT2D eigenvalue weighted by Gasteiger charge is 2.41. The smallest absolute Gasteiger partial charge is 0.234 e. The predicted molar refractivity (Wildman–Crippen MR) is 176 cm³/mol. The Kier molecular flexibility index (Phi) is 12.3. The van der Waals surface area contributed by atoms with Crippen LogP contribution >= 0.6 is 33.2 Å². The van der Waals surface area contributed by atoms with E-state index in [1.807, 2.05) is 44.2 Å². The molecule has 1 aliphatic rings. The summed E-state index contributed by atoms with van der Waals surface area (Å²) in [4.78, 5) is 29.8. The zero-order chi connectivity index (χ0) is 31.0. The van der Waals surface area contributed by atoms with E-state index in [4.69, 9.17) is 27.9 Å². The molecule has 3 aromatic rings. The number of amides is 2. The number of benzene rings is 3. The maximum Gasteiger partial charge on any atom is 0.234 e. The van der Waals surface area contributed by atoms with Crippen molar-refractivity contribution in [3.8, 4) is 0 Å². The molecular formula is C33H41Cl2FN2O3S. The lowest BCUT2D eigenvalue weighted by molar-refractivity contribution is -0.141. The first-order valence-corrected chi connectivity index (χ1v) is 17.6. The molecule has 42 heavy (non-hydrogen) atoms. The van der Waals surface area contributed by atoms with Gasteiger partial charge in [0.1, 0.15) is 12.5 Å². The van der Waals surface area contributed by atoms with E-state index in [2.05, 4.69) is 18.8 Å². The molecule has 0 aliphatic carbocycles. The number of hydrogen-bond donors (Lipinski definition) is 0. The van der Waals surface area contributed by atoms with Gasteiger partial charge in [0.15, 0.2) is 0 Å². The fourth-order valence-corrected chi connectivity index (χ4v) is 5.88. The van der Waals surface area contributed by atoms with E-state index in [-0.39, 0.29) is 25.0 Å². The molecule has 228 valence electrons. The number of rotatable bonds is 8. The number of piperidine rings is 1. The number of likely N-dealkylation sites (tertiary alicyclic amines) is 1. The number of ether oxygens (including phenoxy) is 1. The van der Waals surface area contributed by atoms with E-state index in [9.17, 15) is 14.0 Å². The zero-order valence-electron chi connectivity index (χ0n) is 25.2. The van der Waals surface area contributed by atoms with Crippen LogP contribution in [-0.4, -0.2) is 61.6 Å².